The fourth-order valence-corrected chi connectivity index (χ4v) is 4.65. The van der Waals surface area contributed by atoms with Crippen LogP contribution >= 0.6 is 0 Å². The second-order valence-corrected chi connectivity index (χ2v) is 7.69. The molecule has 0 saturated carbocycles. The second-order valence-electron chi connectivity index (χ2n) is 7.69. The van der Waals surface area contributed by atoms with Gasteiger partial charge in [0.1, 0.15) is 0 Å². The van der Waals surface area contributed by atoms with Gasteiger partial charge in [-0.2, -0.15) is 0 Å². The van der Waals surface area contributed by atoms with Gasteiger partial charge < -0.3 is 5.32 Å². The van der Waals surface area contributed by atoms with Gasteiger partial charge in [-0.15, -0.1) is 0 Å². The van der Waals surface area contributed by atoms with E-state index in [2.05, 4.69) is 67.7 Å². The van der Waals surface area contributed by atoms with E-state index in [1.807, 2.05) is 0 Å². The second kappa shape index (κ2) is 6.08. The Morgan fingerprint density at radius 3 is 2.08 bits per heavy atom. The summed E-state index contributed by atoms with van der Waals surface area (Å²) in [4.78, 5) is 12.1. The molecule has 124 valence electrons. The Kier molecular flexibility index (Phi) is 3.91. The molecular formula is C22H25NO. The van der Waals surface area contributed by atoms with Crippen LogP contribution in [0.15, 0.2) is 48.5 Å². The maximum absolute atomic E-state index is 12.1. The van der Waals surface area contributed by atoms with E-state index in [0.29, 0.717) is 30.1 Å². The molecule has 0 spiro atoms. The van der Waals surface area contributed by atoms with E-state index < -0.39 is 0 Å². The van der Waals surface area contributed by atoms with Crippen LogP contribution in [-0.2, 0) is 4.79 Å². The van der Waals surface area contributed by atoms with E-state index >= 15 is 0 Å². The maximum Gasteiger partial charge on any atom is 0.220 e. The average Bonchev–Trinajstić information content (AvgIpc) is 2.59. The number of hydrogen-bond acceptors (Lipinski definition) is 1. The molecule has 0 radical (unpaired) electrons. The highest BCUT2D eigenvalue weighted by atomic mass is 16.1. The molecule has 5 rings (SSSR count). The van der Waals surface area contributed by atoms with Crippen molar-refractivity contribution in [3.05, 3.63) is 70.8 Å². The number of hydrogen-bond donors (Lipinski definition) is 1. The van der Waals surface area contributed by atoms with Gasteiger partial charge >= 0.3 is 0 Å². The molecule has 0 aromatic heterocycles. The molecule has 3 aliphatic rings. The zero-order valence-corrected chi connectivity index (χ0v) is 14.5. The molecule has 24 heavy (non-hydrogen) atoms. The number of carbonyl (C=O) groups is 1. The number of amides is 1. The standard InChI is InChI=1S/C22H25NO/c1-14(2)11-21(24)23-13-15-12-20-16-7-3-5-9-18(16)22(15)19-10-6-4-8-17(19)20/h3-10,14-15,20,22H,11-13H2,1-2H3,(H,23,24)/t15-,20?,22?/m1/s1. The Morgan fingerprint density at radius 1 is 1.00 bits per heavy atom. The first kappa shape index (κ1) is 15.4. The van der Waals surface area contributed by atoms with Gasteiger partial charge in [0.15, 0.2) is 0 Å². The zero-order valence-electron chi connectivity index (χ0n) is 14.5. The first-order valence-corrected chi connectivity index (χ1v) is 9.09. The summed E-state index contributed by atoms with van der Waals surface area (Å²) in [5, 5.41) is 3.19. The van der Waals surface area contributed by atoms with Gasteiger partial charge in [-0.1, -0.05) is 62.4 Å². The summed E-state index contributed by atoms with van der Waals surface area (Å²) < 4.78 is 0. The molecule has 0 heterocycles. The summed E-state index contributed by atoms with van der Waals surface area (Å²) in [5.41, 5.74) is 5.92. The van der Waals surface area contributed by atoms with Gasteiger partial charge in [0.25, 0.3) is 0 Å². The molecule has 1 amide bonds. The lowest BCUT2D eigenvalue weighted by Gasteiger charge is -2.45. The number of rotatable bonds is 4. The lowest BCUT2D eigenvalue weighted by Crippen LogP contribution is -2.39. The predicted octanol–water partition coefficient (Wildman–Crippen LogP) is 4.45. The first-order valence-electron chi connectivity index (χ1n) is 9.09. The summed E-state index contributed by atoms with van der Waals surface area (Å²) in [7, 11) is 0. The third-order valence-electron chi connectivity index (χ3n) is 5.58. The van der Waals surface area contributed by atoms with Crippen LogP contribution in [0.1, 0.15) is 60.8 Å². The Bertz CT molecular complexity index is 717. The molecule has 0 fully saturated rings. The highest BCUT2D eigenvalue weighted by Gasteiger charge is 2.42. The van der Waals surface area contributed by atoms with Crippen LogP contribution in [0.3, 0.4) is 0 Å². The molecule has 2 nitrogen and oxygen atoms in total. The van der Waals surface area contributed by atoms with Gasteiger partial charge in [-0.25, -0.2) is 0 Å². The maximum atomic E-state index is 12.1. The van der Waals surface area contributed by atoms with Crippen LogP contribution < -0.4 is 5.32 Å². The fourth-order valence-electron chi connectivity index (χ4n) is 4.65. The van der Waals surface area contributed by atoms with Gasteiger partial charge in [-0.05, 0) is 40.5 Å². The van der Waals surface area contributed by atoms with Crippen molar-refractivity contribution in [1.29, 1.82) is 0 Å². The van der Waals surface area contributed by atoms with Crippen molar-refractivity contribution in [3.63, 3.8) is 0 Å². The molecule has 1 N–H and O–H groups in total. The van der Waals surface area contributed by atoms with Crippen LogP contribution in [-0.4, -0.2) is 12.5 Å². The molecule has 2 heteroatoms. The van der Waals surface area contributed by atoms with Crippen LogP contribution in [0.5, 0.6) is 0 Å². The highest BCUT2D eigenvalue weighted by molar-refractivity contribution is 5.76. The molecule has 0 aliphatic heterocycles. The van der Waals surface area contributed by atoms with E-state index in [-0.39, 0.29) is 5.91 Å². The van der Waals surface area contributed by atoms with E-state index in [4.69, 9.17) is 0 Å². The molecule has 2 aromatic carbocycles. The minimum absolute atomic E-state index is 0.188. The van der Waals surface area contributed by atoms with Gasteiger partial charge in [0.2, 0.25) is 5.91 Å². The lowest BCUT2D eigenvalue weighted by atomic mass is 9.59. The minimum Gasteiger partial charge on any atom is -0.356 e. The molecule has 0 unspecified atom stereocenters. The molecule has 1 atom stereocenters. The van der Waals surface area contributed by atoms with Crippen molar-refractivity contribution in [2.45, 2.75) is 38.5 Å². The van der Waals surface area contributed by atoms with Gasteiger partial charge in [0.05, 0.1) is 0 Å². The van der Waals surface area contributed by atoms with E-state index in [1.165, 1.54) is 22.3 Å². The Labute approximate surface area is 144 Å². The summed E-state index contributed by atoms with van der Waals surface area (Å²) in [6.07, 6.45) is 1.76. The number of nitrogens with one attached hydrogen (secondary N) is 1. The van der Waals surface area contributed by atoms with Crippen molar-refractivity contribution in [2.24, 2.45) is 11.8 Å². The third-order valence-corrected chi connectivity index (χ3v) is 5.58. The van der Waals surface area contributed by atoms with Crippen LogP contribution in [0, 0.1) is 11.8 Å². The minimum atomic E-state index is 0.188. The first-order chi connectivity index (χ1) is 11.6. The molecule has 2 aromatic rings. The van der Waals surface area contributed by atoms with E-state index in [1.54, 1.807) is 0 Å². The average molecular weight is 319 g/mol. The summed E-state index contributed by atoms with van der Waals surface area (Å²) in [6, 6.07) is 17.7. The largest absolute Gasteiger partial charge is 0.356 e. The number of benzene rings is 2. The number of carbonyl (C=O) groups excluding carboxylic acids is 1. The van der Waals surface area contributed by atoms with Crippen molar-refractivity contribution >= 4 is 5.91 Å². The van der Waals surface area contributed by atoms with E-state index in [9.17, 15) is 4.79 Å². The summed E-state index contributed by atoms with van der Waals surface area (Å²) in [6.45, 7) is 4.97. The molecule has 0 saturated heterocycles. The van der Waals surface area contributed by atoms with Crippen LogP contribution in [0.2, 0.25) is 0 Å². The number of fused-ring (bicyclic) bond motifs is 1. The van der Waals surface area contributed by atoms with Crippen LogP contribution in [0.4, 0.5) is 0 Å². The normalized spacial score (nSPS) is 23.7. The van der Waals surface area contributed by atoms with Gasteiger partial charge in [0, 0.05) is 24.8 Å². The Morgan fingerprint density at radius 2 is 1.54 bits per heavy atom. The van der Waals surface area contributed by atoms with Crippen LogP contribution in [0.25, 0.3) is 0 Å². The van der Waals surface area contributed by atoms with Gasteiger partial charge in [-0.3, -0.25) is 4.79 Å². The monoisotopic (exact) mass is 319 g/mol. The quantitative estimate of drug-likeness (QED) is 0.886. The fraction of sp³-hybridized carbons (Fsp3) is 0.409. The highest BCUT2D eigenvalue weighted by Crippen LogP contribution is 2.55. The zero-order chi connectivity index (χ0) is 16.7. The third kappa shape index (κ3) is 2.54. The van der Waals surface area contributed by atoms with Crippen molar-refractivity contribution in [2.75, 3.05) is 6.54 Å². The molecule has 3 aliphatic carbocycles. The SMILES string of the molecule is CC(C)CC(=O)NC[C@H]1CC2c3ccccc3C1c1ccccc12. The van der Waals surface area contributed by atoms with Crippen molar-refractivity contribution in [1.82, 2.24) is 5.32 Å². The lowest BCUT2D eigenvalue weighted by molar-refractivity contribution is -0.122. The topological polar surface area (TPSA) is 29.1 Å². The molecular weight excluding hydrogens is 294 g/mol. The Hall–Kier alpha value is -2.09. The Balaban J connectivity index is 1.63. The predicted molar refractivity (Wildman–Crippen MR) is 97.1 cm³/mol. The smallest absolute Gasteiger partial charge is 0.220 e. The molecule has 2 bridgehead atoms. The summed E-state index contributed by atoms with van der Waals surface area (Å²) in [5.74, 6) is 1.99. The van der Waals surface area contributed by atoms with Crippen molar-refractivity contribution in [3.8, 4) is 0 Å². The van der Waals surface area contributed by atoms with E-state index in [0.717, 1.165) is 13.0 Å². The van der Waals surface area contributed by atoms with Crippen molar-refractivity contribution < 1.29 is 4.79 Å². The summed E-state index contributed by atoms with van der Waals surface area (Å²) >= 11 is 0.